The fourth-order valence-corrected chi connectivity index (χ4v) is 10.4. The summed E-state index contributed by atoms with van der Waals surface area (Å²) in [4.78, 5) is 30.8. The largest absolute Gasteiger partial charge is 0.461 e. The number of alkyl halides is 1. The number of hydrogen-bond donors (Lipinski definition) is 1. The van der Waals surface area contributed by atoms with Gasteiger partial charge in [-0.2, -0.15) is 25.0 Å². The van der Waals surface area contributed by atoms with Crippen LogP contribution in [0.5, 0.6) is 6.01 Å². The van der Waals surface area contributed by atoms with Gasteiger partial charge in [0, 0.05) is 47.3 Å². The highest BCUT2D eigenvalue weighted by Gasteiger charge is 2.50. The first-order valence-corrected chi connectivity index (χ1v) is 18.1. The molecule has 0 aliphatic carbocycles. The van der Waals surface area contributed by atoms with E-state index in [2.05, 4.69) is 20.0 Å². The minimum Gasteiger partial charge on any atom is -0.461 e. The first kappa shape index (κ1) is 32.4. The lowest BCUT2D eigenvalue weighted by Gasteiger charge is -2.38. The van der Waals surface area contributed by atoms with E-state index in [0.717, 1.165) is 43.6 Å². The maximum atomic E-state index is 17.1. The van der Waals surface area contributed by atoms with Crippen molar-refractivity contribution < 1.29 is 22.7 Å². The molecule has 5 aromatic rings. The van der Waals surface area contributed by atoms with Crippen LogP contribution in [0.2, 0.25) is 5.02 Å². The average Bonchev–Trinajstić information content (AvgIpc) is 3.93. The van der Waals surface area contributed by atoms with Gasteiger partial charge in [-0.05, 0) is 62.8 Å². The summed E-state index contributed by atoms with van der Waals surface area (Å²) in [5, 5.41) is 14.7. The second kappa shape index (κ2) is 12.0. The van der Waals surface area contributed by atoms with Gasteiger partial charge in [0.25, 0.3) is 0 Å². The Morgan fingerprint density at radius 1 is 1.22 bits per heavy atom. The number of ether oxygens (including phenoxy) is 1. The standard InChI is InChI=1S/C35H31ClF3N9O2S/c36-24-10-22-29(17-8-19-2-3-20(9-17)48(19)34(49)47-16-42-15-43-47)44-33(50-14-35-6-1-7-46(35)13-18(37)11-35)45-30(22)28(39)27(24)21-4-5-25(38)31-26(21)23(12-40)32(41)51-31/h4-5,10,15-20H,1-3,6-9,11,13-14,41H2/t17?,18-,19-,20+,35+/m1/s1. The fraction of sp³-hybridized carbons (Fsp3) is 0.429. The molecule has 51 heavy (non-hydrogen) atoms. The highest BCUT2D eigenvalue weighted by Crippen LogP contribution is 2.48. The molecule has 0 spiro atoms. The number of amides is 1. The molecule has 4 fully saturated rings. The monoisotopic (exact) mass is 733 g/mol. The molecule has 4 aliphatic rings. The van der Waals surface area contributed by atoms with Crippen LogP contribution < -0.4 is 10.5 Å². The van der Waals surface area contributed by atoms with Crippen LogP contribution in [0.15, 0.2) is 30.9 Å². The number of benzene rings is 2. The van der Waals surface area contributed by atoms with Crippen LogP contribution >= 0.6 is 22.9 Å². The Balaban J connectivity index is 1.16. The van der Waals surface area contributed by atoms with Gasteiger partial charge in [-0.3, -0.25) is 4.90 Å². The summed E-state index contributed by atoms with van der Waals surface area (Å²) in [6.45, 7) is 1.28. The number of nitrogens with two attached hydrogens (primary N) is 1. The van der Waals surface area contributed by atoms with Crippen molar-refractivity contribution >= 4 is 55.0 Å². The number of nitriles is 1. The highest BCUT2D eigenvalue weighted by atomic mass is 35.5. The van der Waals surface area contributed by atoms with Crippen molar-refractivity contribution in [2.24, 2.45) is 0 Å². The molecule has 4 saturated heterocycles. The predicted molar refractivity (Wildman–Crippen MR) is 184 cm³/mol. The van der Waals surface area contributed by atoms with Crippen molar-refractivity contribution in [1.82, 2.24) is 34.5 Å². The van der Waals surface area contributed by atoms with Gasteiger partial charge in [-0.15, -0.1) is 11.3 Å². The minimum absolute atomic E-state index is 0.0299. The zero-order valence-corrected chi connectivity index (χ0v) is 28.7. The molecule has 9 rings (SSSR count). The van der Waals surface area contributed by atoms with Crippen molar-refractivity contribution in [2.45, 2.75) is 74.7 Å². The summed E-state index contributed by atoms with van der Waals surface area (Å²) in [5.74, 6) is -1.56. The van der Waals surface area contributed by atoms with Crippen molar-refractivity contribution in [3.63, 3.8) is 0 Å². The molecule has 1 unspecified atom stereocenters. The number of thiophene rings is 1. The maximum absolute atomic E-state index is 17.1. The molecule has 262 valence electrons. The summed E-state index contributed by atoms with van der Waals surface area (Å²) in [5.41, 5.74) is 6.30. The van der Waals surface area contributed by atoms with Crippen LogP contribution in [0.25, 0.3) is 32.1 Å². The third-order valence-electron chi connectivity index (χ3n) is 11.3. The molecule has 5 atom stereocenters. The lowest BCUT2D eigenvalue weighted by Crippen LogP contribution is -2.48. The number of rotatable bonds is 5. The molecule has 2 N–H and O–H groups in total. The van der Waals surface area contributed by atoms with Crippen molar-refractivity contribution in [3.8, 4) is 23.2 Å². The zero-order valence-electron chi connectivity index (χ0n) is 27.2. The Bertz CT molecular complexity index is 2270. The SMILES string of the molecule is N#Cc1c(N)sc2c(F)ccc(-c3c(Cl)cc4c(C5C[C@H]6CC[C@@H](C5)N6C(=O)n5cncn5)nc(OC[C@@]56CCCN5C[C@H](F)C6)nc4c3F)c12. The number of halogens is 4. The number of anilines is 1. The molecular formula is C35H31ClF3N9O2S. The van der Waals surface area contributed by atoms with E-state index in [9.17, 15) is 18.8 Å². The van der Waals surface area contributed by atoms with E-state index in [1.807, 2.05) is 11.0 Å². The van der Waals surface area contributed by atoms with Crippen LogP contribution in [0, 0.1) is 23.0 Å². The predicted octanol–water partition coefficient (Wildman–Crippen LogP) is 6.82. The molecule has 2 bridgehead atoms. The van der Waals surface area contributed by atoms with E-state index in [-0.39, 0.29) is 79.0 Å². The van der Waals surface area contributed by atoms with E-state index in [0.29, 0.717) is 36.9 Å². The normalized spacial score (nSPS) is 25.9. The van der Waals surface area contributed by atoms with E-state index < -0.39 is 23.3 Å². The lowest BCUT2D eigenvalue weighted by atomic mass is 9.86. The van der Waals surface area contributed by atoms with Gasteiger partial charge >= 0.3 is 12.0 Å². The van der Waals surface area contributed by atoms with Gasteiger partial charge in [0.15, 0.2) is 5.82 Å². The van der Waals surface area contributed by atoms with Gasteiger partial charge in [-0.25, -0.2) is 22.9 Å². The van der Waals surface area contributed by atoms with E-state index in [4.69, 9.17) is 27.1 Å². The van der Waals surface area contributed by atoms with Crippen LogP contribution in [-0.4, -0.2) is 84.1 Å². The number of piperidine rings is 1. The number of carbonyl (C=O) groups excluding carboxylic acids is 1. The molecule has 1 amide bonds. The Hall–Kier alpha value is -4.52. The Morgan fingerprint density at radius 3 is 2.76 bits per heavy atom. The number of nitrogen functional groups attached to an aromatic ring is 1. The molecule has 0 saturated carbocycles. The number of aromatic nitrogens is 5. The summed E-state index contributed by atoms with van der Waals surface area (Å²) in [6, 6.07) is 5.74. The van der Waals surface area contributed by atoms with Crippen molar-refractivity contribution in [2.75, 3.05) is 25.4 Å². The summed E-state index contributed by atoms with van der Waals surface area (Å²) >= 11 is 7.82. The molecule has 2 aromatic carbocycles. The Labute approximate surface area is 298 Å². The quantitative estimate of drug-likeness (QED) is 0.206. The van der Waals surface area contributed by atoms with E-state index >= 15 is 4.39 Å². The molecule has 3 aromatic heterocycles. The fourth-order valence-electron chi connectivity index (χ4n) is 9.11. The molecular weight excluding hydrogens is 703 g/mol. The number of carbonyl (C=O) groups is 1. The second-order valence-electron chi connectivity index (χ2n) is 14.0. The first-order valence-electron chi connectivity index (χ1n) is 17.0. The Morgan fingerprint density at radius 2 is 2.02 bits per heavy atom. The van der Waals surface area contributed by atoms with Gasteiger partial charge < -0.3 is 15.4 Å². The molecule has 16 heteroatoms. The van der Waals surface area contributed by atoms with Gasteiger partial charge in [0.2, 0.25) is 0 Å². The third-order valence-corrected chi connectivity index (χ3v) is 12.6. The van der Waals surface area contributed by atoms with E-state index in [1.54, 1.807) is 6.07 Å². The topological polar surface area (TPSA) is 139 Å². The average molecular weight is 734 g/mol. The van der Waals surface area contributed by atoms with Crippen LogP contribution in [0.4, 0.5) is 23.0 Å². The number of hydrogen-bond acceptors (Lipinski definition) is 10. The molecule has 4 aliphatic heterocycles. The van der Waals surface area contributed by atoms with Crippen molar-refractivity contribution in [3.05, 3.63) is 58.8 Å². The highest BCUT2D eigenvalue weighted by molar-refractivity contribution is 7.23. The Kier molecular flexibility index (Phi) is 7.64. The van der Waals surface area contributed by atoms with Crippen molar-refractivity contribution in [1.29, 1.82) is 5.26 Å². The van der Waals surface area contributed by atoms with Gasteiger partial charge in [0.05, 0.1) is 26.5 Å². The lowest BCUT2D eigenvalue weighted by molar-refractivity contribution is 0.107. The van der Waals surface area contributed by atoms with Crippen LogP contribution in [0.1, 0.15) is 62.1 Å². The second-order valence-corrected chi connectivity index (χ2v) is 15.5. The first-order chi connectivity index (χ1) is 24.7. The molecule has 11 nitrogen and oxygen atoms in total. The maximum Gasteiger partial charge on any atom is 0.346 e. The third kappa shape index (κ3) is 5.05. The van der Waals surface area contributed by atoms with Gasteiger partial charge in [0.1, 0.15) is 47.8 Å². The molecule has 0 radical (unpaired) electrons. The zero-order chi connectivity index (χ0) is 35.2. The smallest absolute Gasteiger partial charge is 0.346 e. The molecule has 7 heterocycles. The summed E-state index contributed by atoms with van der Waals surface area (Å²) < 4.78 is 54.4. The number of nitrogens with zero attached hydrogens (tertiary/aromatic N) is 8. The minimum atomic E-state index is -0.956. The van der Waals surface area contributed by atoms with Gasteiger partial charge in [-0.1, -0.05) is 17.7 Å². The summed E-state index contributed by atoms with van der Waals surface area (Å²) in [7, 11) is 0. The number of fused-ring (bicyclic) bond motifs is 5. The van der Waals surface area contributed by atoms with Crippen LogP contribution in [0.3, 0.4) is 0 Å². The van der Waals surface area contributed by atoms with E-state index in [1.165, 1.54) is 29.5 Å². The summed E-state index contributed by atoms with van der Waals surface area (Å²) in [6.07, 6.45) is 6.50. The van der Waals surface area contributed by atoms with Crippen LogP contribution in [-0.2, 0) is 0 Å².